The van der Waals surface area contributed by atoms with Crippen molar-refractivity contribution in [1.29, 1.82) is 0 Å². The van der Waals surface area contributed by atoms with Gasteiger partial charge < -0.3 is 4.74 Å². The summed E-state index contributed by atoms with van der Waals surface area (Å²) in [6.07, 6.45) is 81.4. The van der Waals surface area contributed by atoms with Crippen LogP contribution in [0, 0.1) is 154 Å². The third kappa shape index (κ3) is 7.61. The van der Waals surface area contributed by atoms with E-state index in [1.165, 1.54) is 185 Å². The number of hydrogen-bond donors (Lipinski definition) is 0. The highest BCUT2D eigenvalue weighted by Gasteiger charge is 2.68. The predicted molar refractivity (Wildman–Crippen MR) is 380 cm³/mol. The predicted octanol–water partition coefficient (Wildman–Crippen LogP) is 23.2. The van der Waals surface area contributed by atoms with E-state index in [9.17, 15) is 4.74 Å². The fraction of sp³-hybridized carbons (Fsp3) is 0.851. The number of terminal acetylenes is 1. The van der Waals surface area contributed by atoms with Crippen molar-refractivity contribution >= 4 is 0 Å². The number of benzene rings is 2. The van der Waals surface area contributed by atoms with Crippen LogP contribution in [-0.2, 0) is 43.3 Å². The Morgan fingerprint density at radius 2 is 0.400 bits per heavy atom. The van der Waals surface area contributed by atoms with E-state index < -0.39 is 0 Å². The maximum absolute atomic E-state index is 9.86. The molecule has 0 N–H and O–H groups in total. The van der Waals surface area contributed by atoms with Crippen LogP contribution in [0.15, 0.2) is 6.07 Å². The highest BCUT2D eigenvalue weighted by atomic mass is 16.5. The largest absolute Gasteiger partial charge is 0.455 e. The van der Waals surface area contributed by atoms with E-state index in [0.717, 1.165) is 142 Å². The van der Waals surface area contributed by atoms with Crippen molar-refractivity contribution in [3.05, 3.63) is 56.1 Å². The highest BCUT2D eigenvalue weighted by Crippen LogP contribution is 2.78. The standard InChI is InChI=1S/C94H122O/c1-2-76-79(88-31-55-6-56(32-88)8-57(7-55)33-88)82(91-40-64-15-65(41-91)17-66(16-64)42-91)84(93-46-70-21-71(47-93)23-72(22-70)48-93)85(94-49-73-24-74(50-94)26-75(25-73)51-94)86(76)95-78-27-77(87-28-52-3-53(29-87)5-54(4-52)30-87)80(89-34-58-9-59(35-89)11-60(10-58)36-89)83(92-43-67-18-68(44-92)20-69(19-67)45-92)81(78)90-37-61-12-62(38-90)14-63(13-61)39-90/h1,27,52-75H,3-26,28-51H2. The lowest BCUT2D eigenvalue weighted by molar-refractivity contribution is -0.0301. The third-order valence-electron chi connectivity index (χ3n) is 39.7. The highest BCUT2D eigenvalue weighted by molar-refractivity contribution is 5.73. The van der Waals surface area contributed by atoms with Gasteiger partial charge in [0.25, 0.3) is 0 Å². The first kappa shape index (κ1) is 56.4. The number of ether oxygens (including phenoxy) is 1. The molecular weight excluding hydrogens is 1150 g/mol. The summed E-state index contributed by atoms with van der Waals surface area (Å²) in [6.45, 7) is 0. The molecule has 32 bridgehead atoms. The Morgan fingerprint density at radius 1 is 0.221 bits per heavy atom. The van der Waals surface area contributed by atoms with Crippen LogP contribution in [0.2, 0.25) is 0 Å². The monoisotopic (exact) mass is 1270 g/mol. The molecule has 32 fully saturated rings. The van der Waals surface area contributed by atoms with Gasteiger partial charge in [0.15, 0.2) is 0 Å². The van der Waals surface area contributed by atoms with Crippen LogP contribution >= 0.6 is 0 Å². The van der Waals surface area contributed by atoms with Gasteiger partial charge in [0.05, 0.1) is 5.56 Å². The molecule has 1 nitrogen and oxygen atoms in total. The second-order valence-corrected chi connectivity index (χ2v) is 46.1. The average Bonchev–Trinajstić information content (AvgIpc) is 0.664. The minimum atomic E-state index is 0.191. The van der Waals surface area contributed by atoms with Gasteiger partial charge in [0, 0.05) is 22.0 Å². The molecule has 504 valence electrons. The van der Waals surface area contributed by atoms with Gasteiger partial charge in [-0.25, -0.2) is 0 Å². The summed E-state index contributed by atoms with van der Waals surface area (Å²) in [6, 6.07) is 3.25. The van der Waals surface area contributed by atoms with Gasteiger partial charge in [0.1, 0.15) is 11.5 Å². The van der Waals surface area contributed by atoms with Crippen LogP contribution in [0.4, 0.5) is 0 Å². The van der Waals surface area contributed by atoms with Gasteiger partial charge >= 0.3 is 0 Å². The summed E-state index contributed by atoms with van der Waals surface area (Å²) in [7, 11) is 0. The SMILES string of the molecule is C#Cc1c(Oc2cc(C34CC5CC(CC(C5)C3)C4)c(C34CC5CC(CC(C5)C3)C4)c(C34CC5CC(CC(C5)C3)C4)c2C23CC4CC(CC(C4)C2)C3)c(C23CC4CC(CC(C4)C2)C3)c(C23CC4CC(CC(C4)C2)C3)c(C23CC4CC(CC(C4)C2)C3)c1C12CC3CC(CC(C3)C1)C2. The lowest BCUT2D eigenvalue weighted by atomic mass is 9.39. The Labute approximate surface area is 574 Å². The molecule has 0 atom stereocenters. The van der Waals surface area contributed by atoms with Crippen molar-refractivity contribution in [1.82, 2.24) is 0 Å². The lowest BCUT2D eigenvalue weighted by Gasteiger charge is -2.65. The molecule has 0 unspecified atom stereocenters. The van der Waals surface area contributed by atoms with E-state index in [1.807, 2.05) is 22.3 Å². The lowest BCUT2D eigenvalue weighted by Crippen LogP contribution is -2.57. The fourth-order valence-electron chi connectivity index (χ4n) is 41.3. The Kier molecular flexibility index (Phi) is 11.0. The number of rotatable bonds is 10. The topological polar surface area (TPSA) is 9.23 Å². The molecule has 32 saturated carbocycles. The zero-order chi connectivity index (χ0) is 61.3. The first-order valence-corrected chi connectivity index (χ1v) is 43.9. The molecule has 0 saturated heterocycles. The maximum atomic E-state index is 9.86. The maximum Gasteiger partial charge on any atom is 0.147 e. The zero-order valence-electron chi connectivity index (χ0n) is 59.4. The van der Waals surface area contributed by atoms with E-state index in [2.05, 4.69) is 34.2 Å². The summed E-state index contributed by atoms with van der Waals surface area (Å²) in [5.74, 6) is 29.6. The van der Waals surface area contributed by atoms with Crippen LogP contribution in [0.1, 0.15) is 358 Å². The third-order valence-corrected chi connectivity index (χ3v) is 39.7. The van der Waals surface area contributed by atoms with Crippen molar-refractivity contribution in [3.8, 4) is 23.8 Å². The summed E-state index contributed by atoms with van der Waals surface area (Å²) in [5.41, 5.74) is 20.3. The molecule has 32 aliphatic carbocycles. The summed E-state index contributed by atoms with van der Waals surface area (Å²) in [4.78, 5) is 0. The number of hydrogen-bond acceptors (Lipinski definition) is 1. The van der Waals surface area contributed by atoms with Gasteiger partial charge in [-0.2, -0.15) is 0 Å². The molecule has 2 aromatic carbocycles. The van der Waals surface area contributed by atoms with Crippen molar-refractivity contribution < 1.29 is 4.74 Å². The van der Waals surface area contributed by atoms with E-state index >= 15 is 0 Å². The molecule has 0 amide bonds. The fourth-order valence-corrected chi connectivity index (χ4v) is 41.3. The van der Waals surface area contributed by atoms with E-state index in [1.54, 1.807) is 141 Å². The Bertz CT molecular complexity index is 3430. The second-order valence-electron chi connectivity index (χ2n) is 46.1. The minimum absolute atomic E-state index is 0.191. The normalized spacial score (nSPS) is 57.9. The molecule has 34 rings (SSSR count). The van der Waals surface area contributed by atoms with Gasteiger partial charge in [-0.3, -0.25) is 0 Å². The van der Waals surface area contributed by atoms with Crippen LogP contribution in [0.25, 0.3) is 0 Å². The molecule has 95 heavy (non-hydrogen) atoms. The van der Waals surface area contributed by atoms with E-state index in [0.29, 0.717) is 21.7 Å². The van der Waals surface area contributed by atoms with E-state index in [-0.39, 0.29) is 21.7 Å². The molecule has 0 heterocycles. The molecule has 1 heteroatoms. The average molecular weight is 1270 g/mol. The van der Waals surface area contributed by atoms with Gasteiger partial charge in [-0.05, 0) is 522 Å². The Hall–Kier alpha value is -2.20. The summed E-state index contributed by atoms with van der Waals surface area (Å²) >= 11 is 0. The first-order valence-electron chi connectivity index (χ1n) is 43.9. The van der Waals surface area contributed by atoms with Crippen molar-refractivity contribution in [2.45, 2.75) is 352 Å². The van der Waals surface area contributed by atoms with Gasteiger partial charge in [0.2, 0.25) is 0 Å². The zero-order valence-corrected chi connectivity index (χ0v) is 59.4. The van der Waals surface area contributed by atoms with Gasteiger partial charge in [-0.15, -0.1) is 6.42 Å². The van der Waals surface area contributed by atoms with Crippen molar-refractivity contribution in [2.75, 3.05) is 0 Å². The molecule has 0 radical (unpaired) electrons. The smallest absolute Gasteiger partial charge is 0.147 e. The molecule has 2 aromatic rings. The van der Waals surface area contributed by atoms with Gasteiger partial charge in [-0.1, -0.05) is 5.92 Å². The molecule has 0 aliphatic heterocycles. The van der Waals surface area contributed by atoms with Crippen LogP contribution in [0.3, 0.4) is 0 Å². The summed E-state index contributed by atoms with van der Waals surface area (Å²) in [5, 5.41) is 0. The van der Waals surface area contributed by atoms with Crippen molar-refractivity contribution in [3.63, 3.8) is 0 Å². The Morgan fingerprint density at radius 3 is 0.642 bits per heavy atom. The summed E-state index contributed by atoms with van der Waals surface area (Å²) < 4.78 is 9.86. The quantitative estimate of drug-likeness (QED) is 0.216. The Balaban J connectivity index is 0.825. The van der Waals surface area contributed by atoms with E-state index in [4.69, 9.17) is 6.42 Å². The minimum Gasteiger partial charge on any atom is -0.455 e. The van der Waals surface area contributed by atoms with Crippen LogP contribution in [0.5, 0.6) is 11.5 Å². The first-order chi connectivity index (χ1) is 46.3. The van der Waals surface area contributed by atoms with Crippen molar-refractivity contribution in [2.24, 2.45) is 142 Å². The molecule has 32 aliphatic rings. The second kappa shape index (κ2) is 18.6. The van der Waals surface area contributed by atoms with Crippen LogP contribution < -0.4 is 4.74 Å². The molecule has 0 spiro atoms. The molecular formula is C94H122O. The molecule has 0 aromatic heterocycles. The van der Waals surface area contributed by atoms with Crippen LogP contribution in [-0.4, -0.2) is 0 Å².